The van der Waals surface area contributed by atoms with Gasteiger partial charge in [0.1, 0.15) is 5.15 Å². The Morgan fingerprint density at radius 1 is 1.12 bits per heavy atom. The topological polar surface area (TPSA) is 25.8 Å². The van der Waals surface area contributed by atoms with Gasteiger partial charge >= 0.3 is 6.18 Å². The van der Waals surface area contributed by atoms with Crippen molar-refractivity contribution in [2.45, 2.75) is 51.1 Å². The Balaban J connectivity index is 2.00. The Kier molecular flexibility index (Phi) is 5.00. The summed E-state index contributed by atoms with van der Waals surface area (Å²) in [6.45, 7) is 1.56. The third kappa shape index (κ3) is 3.66. The van der Waals surface area contributed by atoms with E-state index in [0.717, 1.165) is 31.4 Å². The summed E-state index contributed by atoms with van der Waals surface area (Å²) in [5.74, 6) is -1.87. The Labute approximate surface area is 144 Å². The first-order valence-electron chi connectivity index (χ1n) is 8.36. The van der Waals surface area contributed by atoms with E-state index in [2.05, 4.69) is 9.97 Å². The van der Waals surface area contributed by atoms with E-state index in [0.29, 0.717) is 0 Å². The lowest BCUT2D eigenvalue weighted by Gasteiger charge is -2.29. The molecule has 0 spiro atoms. The van der Waals surface area contributed by atoms with Gasteiger partial charge in [0.05, 0.1) is 5.92 Å². The highest BCUT2D eigenvalue weighted by Gasteiger charge is 2.46. The molecule has 2 aliphatic rings. The molecule has 0 amide bonds. The highest BCUT2D eigenvalue weighted by molar-refractivity contribution is 6.29. The fourth-order valence-corrected chi connectivity index (χ4v) is 3.88. The fraction of sp³-hybridized carbons (Fsp3) is 0.556. The van der Waals surface area contributed by atoms with Crippen LogP contribution in [0.5, 0.6) is 0 Å². The van der Waals surface area contributed by atoms with Gasteiger partial charge in [-0.1, -0.05) is 56.0 Å². The minimum atomic E-state index is -4.34. The van der Waals surface area contributed by atoms with Crippen LogP contribution in [0.1, 0.15) is 56.5 Å². The van der Waals surface area contributed by atoms with E-state index in [1.54, 1.807) is 25.1 Å². The normalized spacial score (nSPS) is 25.6. The number of nitrogens with zero attached hydrogens (tertiary/aromatic N) is 2. The van der Waals surface area contributed by atoms with Crippen LogP contribution in [0.3, 0.4) is 0 Å². The molecule has 0 saturated heterocycles. The molecule has 130 valence electrons. The van der Waals surface area contributed by atoms with Crippen LogP contribution in [0.15, 0.2) is 24.3 Å². The molecule has 0 N–H and O–H groups in total. The zero-order valence-corrected chi connectivity index (χ0v) is 14.2. The molecule has 2 aliphatic carbocycles. The second-order valence-electron chi connectivity index (χ2n) is 6.66. The van der Waals surface area contributed by atoms with Crippen LogP contribution in [0.25, 0.3) is 5.57 Å². The maximum atomic E-state index is 13.5. The van der Waals surface area contributed by atoms with Crippen LogP contribution in [-0.2, 0) is 0 Å². The van der Waals surface area contributed by atoms with Crippen molar-refractivity contribution in [3.63, 3.8) is 0 Å². The van der Waals surface area contributed by atoms with Gasteiger partial charge in [0.25, 0.3) is 0 Å². The Hall–Kier alpha value is -1.36. The summed E-state index contributed by atoms with van der Waals surface area (Å²) in [5, 5.41) is 0.213. The van der Waals surface area contributed by atoms with E-state index in [1.165, 1.54) is 12.5 Å². The maximum absolute atomic E-state index is 13.5. The zero-order chi connectivity index (χ0) is 17.3. The molecule has 1 unspecified atom stereocenters. The smallest absolute Gasteiger partial charge is 0.233 e. The van der Waals surface area contributed by atoms with Gasteiger partial charge in [0.2, 0.25) is 0 Å². The Morgan fingerprint density at radius 3 is 2.50 bits per heavy atom. The van der Waals surface area contributed by atoms with Gasteiger partial charge in [-0.15, -0.1) is 0 Å². The van der Waals surface area contributed by atoms with Gasteiger partial charge in [-0.3, -0.25) is 0 Å². The molecule has 0 aromatic carbocycles. The molecule has 1 heterocycles. The van der Waals surface area contributed by atoms with Gasteiger partial charge in [0, 0.05) is 17.2 Å². The molecule has 2 nitrogen and oxygen atoms in total. The number of halogens is 4. The molecule has 0 radical (unpaired) electrons. The molecular formula is C18H20ClF3N2. The summed E-state index contributed by atoms with van der Waals surface area (Å²) >= 11 is 6.11. The summed E-state index contributed by atoms with van der Waals surface area (Å²) < 4.78 is 40.6. The van der Waals surface area contributed by atoms with Crippen LogP contribution in [0.2, 0.25) is 5.15 Å². The van der Waals surface area contributed by atoms with E-state index in [9.17, 15) is 13.2 Å². The third-order valence-electron chi connectivity index (χ3n) is 4.90. The molecular weight excluding hydrogens is 337 g/mol. The quantitative estimate of drug-likeness (QED) is 0.612. The molecule has 6 heteroatoms. The van der Waals surface area contributed by atoms with E-state index in [4.69, 9.17) is 11.6 Å². The van der Waals surface area contributed by atoms with Crippen LogP contribution in [0.4, 0.5) is 13.2 Å². The van der Waals surface area contributed by atoms with E-state index >= 15 is 0 Å². The fourth-order valence-electron chi connectivity index (χ4n) is 3.69. The Bertz CT molecular complexity index is 661. The molecule has 0 aliphatic heterocycles. The van der Waals surface area contributed by atoms with Gasteiger partial charge in [-0.2, -0.15) is 13.2 Å². The number of rotatable bonds is 2. The first-order valence-corrected chi connectivity index (χ1v) is 8.74. The van der Waals surface area contributed by atoms with Crippen molar-refractivity contribution in [3.8, 4) is 0 Å². The average Bonchev–Trinajstić information content (AvgIpc) is 2.53. The summed E-state index contributed by atoms with van der Waals surface area (Å²) in [6, 6.07) is 1.70. The Morgan fingerprint density at radius 2 is 1.83 bits per heavy atom. The zero-order valence-electron chi connectivity index (χ0n) is 13.5. The van der Waals surface area contributed by atoms with Crippen molar-refractivity contribution in [2.75, 3.05) is 0 Å². The lowest BCUT2D eigenvalue weighted by atomic mass is 9.82. The van der Waals surface area contributed by atoms with Crippen molar-refractivity contribution in [2.24, 2.45) is 11.8 Å². The van der Waals surface area contributed by atoms with Crippen molar-refractivity contribution in [1.29, 1.82) is 0 Å². The number of alkyl halides is 3. The highest BCUT2D eigenvalue weighted by atomic mass is 35.5. The molecule has 1 fully saturated rings. The second kappa shape index (κ2) is 6.87. The van der Waals surface area contributed by atoms with E-state index < -0.39 is 18.0 Å². The van der Waals surface area contributed by atoms with Crippen LogP contribution < -0.4 is 0 Å². The van der Waals surface area contributed by atoms with Crippen molar-refractivity contribution >= 4 is 17.2 Å². The molecule has 3 rings (SSSR count). The van der Waals surface area contributed by atoms with Gasteiger partial charge in [-0.05, 0) is 24.8 Å². The van der Waals surface area contributed by atoms with E-state index in [1.807, 2.05) is 0 Å². The first kappa shape index (κ1) is 17.5. The third-order valence-corrected chi connectivity index (χ3v) is 5.09. The number of hydrogen-bond acceptors (Lipinski definition) is 2. The molecule has 2 atom stereocenters. The minimum Gasteiger partial charge on any atom is -0.233 e. The summed E-state index contributed by atoms with van der Waals surface area (Å²) in [4.78, 5) is 8.58. The number of aromatic nitrogens is 2. The SMILES string of the molecule is C[C@H]1C=CC=C(c2nc(Cl)cc(C3CCCCC3)n2)C1C(F)(F)F. The largest absolute Gasteiger partial charge is 0.396 e. The van der Waals surface area contributed by atoms with Crippen molar-refractivity contribution < 1.29 is 13.2 Å². The molecule has 1 aromatic heterocycles. The molecule has 24 heavy (non-hydrogen) atoms. The highest BCUT2D eigenvalue weighted by Crippen LogP contribution is 2.44. The van der Waals surface area contributed by atoms with Crippen molar-refractivity contribution in [1.82, 2.24) is 9.97 Å². The minimum absolute atomic E-state index is 0.108. The molecule has 1 aromatic rings. The van der Waals surface area contributed by atoms with Gasteiger partial charge in [0.15, 0.2) is 5.82 Å². The van der Waals surface area contributed by atoms with Crippen LogP contribution in [-0.4, -0.2) is 16.1 Å². The van der Waals surface area contributed by atoms with Gasteiger partial charge < -0.3 is 0 Å². The number of allylic oxidation sites excluding steroid dienone is 4. The van der Waals surface area contributed by atoms with Gasteiger partial charge in [-0.25, -0.2) is 9.97 Å². The predicted molar refractivity (Wildman–Crippen MR) is 88.7 cm³/mol. The summed E-state index contributed by atoms with van der Waals surface area (Å²) in [5.41, 5.74) is 0.880. The molecule has 1 saturated carbocycles. The van der Waals surface area contributed by atoms with Crippen LogP contribution in [0, 0.1) is 11.8 Å². The maximum Gasteiger partial charge on any atom is 0.396 e. The van der Waals surface area contributed by atoms with Crippen LogP contribution >= 0.6 is 11.6 Å². The summed E-state index contributed by atoms with van der Waals surface area (Å²) in [7, 11) is 0. The van der Waals surface area contributed by atoms with E-state index in [-0.39, 0.29) is 22.5 Å². The predicted octanol–water partition coefficient (Wildman–Crippen LogP) is 5.95. The molecule has 0 bridgehead atoms. The number of hydrogen-bond donors (Lipinski definition) is 0. The monoisotopic (exact) mass is 356 g/mol. The average molecular weight is 357 g/mol. The first-order chi connectivity index (χ1) is 11.4. The lowest BCUT2D eigenvalue weighted by Crippen LogP contribution is -2.31. The lowest BCUT2D eigenvalue weighted by molar-refractivity contribution is -0.165. The second-order valence-corrected chi connectivity index (χ2v) is 7.05. The van der Waals surface area contributed by atoms with Crippen molar-refractivity contribution in [3.05, 3.63) is 41.0 Å². The summed E-state index contributed by atoms with van der Waals surface area (Å²) in [6.07, 6.45) is 5.79. The standard InChI is InChI=1S/C18H20ClF3N2/c1-11-6-5-9-13(16(11)18(20,21)22)17-23-14(10-15(19)24-17)12-7-3-2-4-8-12/h5-6,9-12,16H,2-4,7-8H2,1H3/t11-,16?/m0/s1.